The van der Waals surface area contributed by atoms with Crippen LogP contribution >= 0.6 is 0 Å². The van der Waals surface area contributed by atoms with Crippen LogP contribution in [0.2, 0.25) is 0 Å². The number of pyridine rings is 1. The molecule has 0 aliphatic heterocycles. The highest BCUT2D eigenvalue weighted by Gasteiger charge is 2.22. The molecule has 2 aromatic rings. The highest BCUT2D eigenvalue weighted by Crippen LogP contribution is 2.38. The Balaban J connectivity index is 2.40. The molecule has 124 valence electrons. The number of rotatable bonds is 4. The van der Waals surface area contributed by atoms with E-state index in [1.165, 1.54) is 40.9 Å². The van der Waals surface area contributed by atoms with Gasteiger partial charge >= 0.3 is 0 Å². The van der Waals surface area contributed by atoms with Gasteiger partial charge in [0.15, 0.2) is 0 Å². The van der Waals surface area contributed by atoms with Crippen LogP contribution in [-0.4, -0.2) is 17.4 Å². The van der Waals surface area contributed by atoms with Gasteiger partial charge in [-0.05, 0) is 61.8 Å². The average Bonchev–Trinajstić information content (AvgIpc) is 2.62. The number of nitrogens with zero attached hydrogens (tertiary/aromatic N) is 2. The number of nitrogens with one attached hydrogen (secondary N) is 1. The molecule has 3 rings (SSSR count). The number of hydrogen-bond donors (Lipinski definition) is 2. The van der Waals surface area contributed by atoms with Gasteiger partial charge in [-0.25, -0.2) is 4.98 Å². The molecule has 0 amide bonds. The molecule has 0 saturated carbocycles. The predicted octanol–water partition coefficient (Wildman–Crippen LogP) is 4.48. The fraction of sp³-hybridized carbons (Fsp3) is 0.350. The molecule has 1 aliphatic rings. The number of hydrogen-bond acceptors (Lipinski definition) is 4. The van der Waals surface area contributed by atoms with E-state index in [4.69, 9.17) is 21.1 Å². The zero-order valence-corrected chi connectivity index (χ0v) is 14.4. The van der Waals surface area contributed by atoms with Crippen LogP contribution in [0.3, 0.4) is 0 Å². The van der Waals surface area contributed by atoms with Crippen molar-refractivity contribution in [2.45, 2.75) is 46.0 Å². The Morgan fingerprint density at radius 1 is 1.29 bits per heavy atom. The van der Waals surface area contributed by atoms with Crippen molar-refractivity contribution < 1.29 is 0 Å². The first-order valence-electron chi connectivity index (χ1n) is 8.61. The maximum Gasteiger partial charge on any atom is 0.0774 e. The quantitative estimate of drug-likeness (QED) is 0.815. The van der Waals surface area contributed by atoms with Crippen molar-refractivity contribution in [1.82, 2.24) is 4.98 Å². The highest BCUT2D eigenvalue weighted by molar-refractivity contribution is 6.09. The molecule has 3 N–H and O–H groups in total. The van der Waals surface area contributed by atoms with E-state index in [-0.39, 0.29) is 0 Å². The van der Waals surface area contributed by atoms with Gasteiger partial charge in [0.1, 0.15) is 0 Å². The minimum Gasteiger partial charge on any atom is -0.404 e. The number of nitrogens with two attached hydrogens (primary N) is 1. The summed E-state index contributed by atoms with van der Waals surface area (Å²) in [7, 11) is 0. The van der Waals surface area contributed by atoms with Crippen molar-refractivity contribution in [3.05, 3.63) is 40.7 Å². The van der Waals surface area contributed by atoms with Gasteiger partial charge in [0.2, 0.25) is 0 Å². The number of aryl methyl sites for hydroxylation is 2. The second-order valence-corrected chi connectivity index (χ2v) is 6.24. The maximum atomic E-state index is 7.65. The normalized spacial score (nSPS) is 15.0. The van der Waals surface area contributed by atoms with Crippen LogP contribution < -0.4 is 5.73 Å². The molecule has 4 nitrogen and oxygen atoms in total. The van der Waals surface area contributed by atoms with Crippen LogP contribution in [0.1, 0.15) is 48.6 Å². The van der Waals surface area contributed by atoms with Crippen LogP contribution in [0, 0.1) is 12.3 Å². The Morgan fingerprint density at radius 2 is 2.04 bits per heavy atom. The Kier molecular flexibility index (Phi) is 4.74. The SMILES string of the molecule is CCC=Nc1c(C)ccc2nc(/C(C=N)=C/N)c3c(c12)CCCC3. The average molecular weight is 320 g/mol. The van der Waals surface area contributed by atoms with Crippen molar-refractivity contribution >= 4 is 34.6 Å². The fourth-order valence-electron chi connectivity index (χ4n) is 3.49. The molecule has 0 unspecified atom stereocenters. The molecule has 1 heterocycles. The second kappa shape index (κ2) is 6.95. The molecule has 0 bridgehead atoms. The molecule has 0 spiro atoms. The smallest absolute Gasteiger partial charge is 0.0774 e. The van der Waals surface area contributed by atoms with Crippen molar-refractivity contribution in [3.63, 3.8) is 0 Å². The standard InChI is InChI=1S/C20H24N4/c1-3-10-23-19-13(2)8-9-17-18(19)15-6-4-5-7-16(15)20(24-17)14(11-21)12-22/h8-12,21H,3-7,22H2,1-2H3/b14-12+,21-11?,23-10?. The largest absolute Gasteiger partial charge is 0.404 e. The summed E-state index contributed by atoms with van der Waals surface area (Å²) < 4.78 is 0. The topological polar surface area (TPSA) is 75.1 Å². The van der Waals surface area contributed by atoms with Crippen molar-refractivity contribution in [2.24, 2.45) is 10.7 Å². The Hall–Kier alpha value is -2.49. The number of fused-ring (bicyclic) bond motifs is 3. The van der Waals surface area contributed by atoms with Gasteiger partial charge in [0, 0.05) is 29.6 Å². The summed E-state index contributed by atoms with van der Waals surface area (Å²) in [5, 5.41) is 8.83. The van der Waals surface area contributed by atoms with E-state index in [2.05, 4.69) is 26.0 Å². The van der Waals surface area contributed by atoms with E-state index >= 15 is 0 Å². The van der Waals surface area contributed by atoms with E-state index in [0.29, 0.717) is 5.57 Å². The lowest BCUT2D eigenvalue weighted by molar-refractivity contribution is 0.686. The summed E-state index contributed by atoms with van der Waals surface area (Å²) in [6.45, 7) is 4.20. The minimum atomic E-state index is 0.689. The highest BCUT2D eigenvalue weighted by atomic mass is 14.8. The first-order chi connectivity index (χ1) is 11.7. The van der Waals surface area contributed by atoms with Crippen molar-refractivity contribution in [3.8, 4) is 0 Å². The molecule has 4 heteroatoms. The van der Waals surface area contributed by atoms with Gasteiger partial charge in [-0.1, -0.05) is 13.0 Å². The van der Waals surface area contributed by atoms with Gasteiger partial charge in [0.05, 0.1) is 16.9 Å². The number of aliphatic imine (C=N–C) groups is 1. The molecule has 0 fully saturated rings. The van der Waals surface area contributed by atoms with Crippen LogP contribution in [0.4, 0.5) is 5.69 Å². The molecular weight excluding hydrogens is 296 g/mol. The number of aromatic nitrogens is 1. The van der Waals surface area contributed by atoms with Gasteiger partial charge in [-0.15, -0.1) is 0 Å². The van der Waals surface area contributed by atoms with E-state index in [1.54, 1.807) is 0 Å². The van der Waals surface area contributed by atoms with Gasteiger partial charge in [0.25, 0.3) is 0 Å². The van der Waals surface area contributed by atoms with Crippen molar-refractivity contribution in [1.29, 1.82) is 5.41 Å². The third kappa shape index (κ3) is 2.73. The summed E-state index contributed by atoms with van der Waals surface area (Å²) in [5.41, 5.74) is 13.0. The first kappa shape index (κ1) is 16.4. The van der Waals surface area contributed by atoms with Gasteiger partial charge in [-0.3, -0.25) is 4.99 Å². The lowest BCUT2D eigenvalue weighted by Gasteiger charge is -2.22. The summed E-state index contributed by atoms with van der Waals surface area (Å²) in [4.78, 5) is 9.59. The minimum absolute atomic E-state index is 0.689. The lowest BCUT2D eigenvalue weighted by atomic mass is 9.85. The summed E-state index contributed by atoms with van der Waals surface area (Å²) in [5.74, 6) is 0. The van der Waals surface area contributed by atoms with Crippen LogP contribution in [-0.2, 0) is 12.8 Å². The molecule has 0 saturated heterocycles. The molecule has 0 radical (unpaired) electrons. The molecular formula is C20H24N4. The maximum absolute atomic E-state index is 7.65. The zero-order chi connectivity index (χ0) is 17.1. The van der Waals surface area contributed by atoms with Crippen LogP contribution in [0.25, 0.3) is 16.5 Å². The Labute approximate surface area is 143 Å². The van der Waals surface area contributed by atoms with Gasteiger partial charge < -0.3 is 11.1 Å². The monoisotopic (exact) mass is 320 g/mol. The van der Waals surface area contributed by atoms with Crippen LogP contribution in [0.15, 0.2) is 23.3 Å². The second-order valence-electron chi connectivity index (χ2n) is 6.24. The molecule has 1 aliphatic carbocycles. The third-order valence-electron chi connectivity index (χ3n) is 4.66. The van der Waals surface area contributed by atoms with Crippen LogP contribution in [0.5, 0.6) is 0 Å². The Morgan fingerprint density at radius 3 is 2.71 bits per heavy atom. The summed E-state index contributed by atoms with van der Waals surface area (Å²) in [6, 6.07) is 4.14. The van der Waals surface area contributed by atoms with E-state index in [1.807, 2.05) is 6.21 Å². The predicted molar refractivity (Wildman–Crippen MR) is 103 cm³/mol. The van der Waals surface area contributed by atoms with E-state index in [9.17, 15) is 0 Å². The summed E-state index contributed by atoms with van der Waals surface area (Å²) in [6.07, 6.45) is 10.0. The number of allylic oxidation sites excluding steroid dienone is 1. The third-order valence-corrected chi connectivity index (χ3v) is 4.66. The first-order valence-corrected chi connectivity index (χ1v) is 8.61. The van der Waals surface area contributed by atoms with Gasteiger partial charge in [-0.2, -0.15) is 0 Å². The van der Waals surface area contributed by atoms with E-state index < -0.39 is 0 Å². The summed E-state index contributed by atoms with van der Waals surface area (Å²) >= 11 is 0. The fourth-order valence-corrected chi connectivity index (χ4v) is 3.49. The molecule has 0 atom stereocenters. The zero-order valence-electron chi connectivity index (χ0n) is 14.4. The molecule has 1 aromatic carbocycles. The van der Waals surface area contributed by atoms with E-state index in [0.717, 1.165) is 42.6 Å². The number of benzene rings is 1. The van der Waals surface area contributed by atoms with Crippen molar-refractivity contribution in [2.75, 3.05) is 0 Å². The Bertz CT molecular complexity index is 847. The molecule has 24 heavy (non-hydrogen) atoms. The lowest BCUT2D eigenvalue weighted by Crippen LogP contribution is -2.10. The molecule has 1 aromatic heterocycles.